The molecule has 3 aliphatic rings. The van der Waals surface area contributed by atoms with Crippen LogP contribution in [-0.4, -0.2) is 151 Å². The Labute approximate surface area is 362 Å². The van der Waals surface area contributed by atoms with Gasteiger partial charge in [-0.15, -0.1) is 0 Å². The molecule has 3 fully saturated rings. The maximum atomic E-state index is 14.4. The summed E-state index contributed by atoms with van der Waals surface area (Å²) in [5.41, 5.74) is -3.88. The minimum absolute atomic E-state index is 0.0591. The molecule has 3 heterocycles. The molecule has 0 aromatic heterocycles. The number of esters is 1. The number of anilines is 1. The number of amides is 1. The van der Waals surface area contributed by atoms with Gasteiger partial charge in [0.1, 0.15) is 29.2 Å². The van der Waals surface area contributed by atoms with E-state index in [9.17, 15) is 29.7 Å². The standard InChI is InChI=1S/C45H74N2O14/c1-15-32-45(10,53)37(50)26(4)34(48)24(2)22-43(8,54-13)38(60-41-35(49)31(47(11)12)21-25(3)56-41)27(5)36(28(6)40(51)58-32)59-33-23-44(9,55-14)39(29(7)57-33)61-42(52)46-30-19-17-16-18-20-30/h16-20,24-29,31-33,35-39,41,49-50,53H,15,21-23H2,1-14H3,(H,46,52)/t24-,25-,26+,27+,28-,29+,31+,32-,33+,35-,36?,37-,38-,39+,41+,43-,44?,45-/m1/s1. The molecule has 3 aliphatic heterocycles. The monoisotopic (exact) mass is 867 g/mol. The maximum Gasteiger partial charge on any atom is 0.412 e. The first-order chi connectivity index (χ1) is 28.4. The summed E-state index contributed by atoms with van der Waals surface area (Å²) >= 11 is 0. The van der Waals surface area contributed by atoms with Crippen LogP contribution in [0.15, 0.2) is 30.3 Å². The van der Waals surface area contributed by atoms with E-state index in [1.54, 1.807) is 72.7 Å². The molecule has 1 aromatic carbocycles. The third kappa shape index (κ3) is 11.5. The van der Waals surface area contributed by atoms with Gasteiger partial charge in [0.25, 0.3) is 0 Å². The van der Waals surface area contributed by atoms with E-state index in [0.717, 1.165) is 0 Å². The van der Waals surface area contributed by atoms with Gasteiger partial charge in [0.15, 0.2) is 18.7 Å². The average molecular weight is 867 g/mol. The number of hydrogen-bond acceptors (Lipinski definition) is 15. The SMILES string of the molecule is CC[C@H]1OC(=O)[C@H](C)C(O[C@H]2CC(C)(OC)[C@@H](OC(=O)Nc3ccccc3)[C@H](C)O2)[C@H](C)[C@@H](O[C@@H]2O[C@H](C)C[C@H](N(C)C)[C@H]2O)[C@](C)(OC)C[C@@H](C)C(=O)[C@H](C)[C@@H](O)[C@]1(C)O. The zero-order chi connectivity index (χ0) is 45.8. The Morgan fingerprint density at radius 2 is 1.49 bits per heavy atom. The van der Waals surface area contributed by atoms with E-state index in [1.807, 2.05) is 38.9 Å². The van der Waals surface area contributed by atoms with E-state index in [2.05, 4.69) is 5.32 Å². The molecule has 16 heteroatoms. The van der Waals surface area contributed by atoms with Crippen molar-refractivity contribution in [3.8, 4) is 0 Å². The lowest BCUT2D eigenvalue weighted by atomic mass is 9.74. The summed E-state index contributed by atoms with van der Waals surface area (Å²) < 4.78 is 50.8. The van der Waals surface area contributed by atoms with Gasteiger partial charge in [0, 0.05) is 50.1 Å². The van der Waals surface area contributed by atoms with Gasteiger partial charge in [-0.1, -0.05) is 45.9 Å². The number of Topliss-reactive ketones (excluding diaryl/α,β-unsaturated/α-hetero) is 1. The van der Waals surface area contributed by atoms with Crippen molar-refractivity contribution >= 4 is 23.5 Å². The summed E-state index contributed by atoms with van der Waals surface area (Å²) in [7, 11) is 6.75. The maximum absolute atomic E-state index is 14.4. The highest BCUT2D eigenvalue weighted by atomic mass is 16.7. The Morgan fingerprint density at radius 3 is 2.07 bits per heavy atom. The van der Waals surface area contributed by atoms with Crippen molar-refractivity contribution in [2.45, 2.75) is 179 Å². The fourth-order valence-corrected chi connectivity index (χ4v) is 9.58. The molecular formula is C45H74N2O14. The molecule has 348 valence electrons. The Balaban J connectivity index is 1.80. The lowest BCUT2D eigenvalue weighted by Crippen LogP contribution is -2.62. The number of aliphatic hydroxyl groups is 3. The summed E-state index contributed by atoms with van der Waals surface area (Å²) in [5, 5.41) is 37.7. The zero-order valence-electron chi connectivity index (χ0n) is 38.7. The fourth-order valence-electron chi connectivity index (χ4n) is 9.58. The van der Waals surface area contributed by atoms with E-state index in [4.69, 9.17) is 37.9 Å². The number of cyclic esters (lactones) is 1. The van der Waals surface area contributed by atoms with E-state index in [0.29, 0.717) is 12.1 Å². The summed E-state index contributed by atoms with van der Waals surface area (Å²) in [6.07, 6.45) is -9.95. The van der Waals surface area contributed by atoms with Gasteiger partial charge in [0.2, 0.25) is 0 Å². The van der Waals surface area contributed by atoms with Crippen LogP contribution in [-0.2, 0) is 47.5 Å². The number of hydrogen-bond donors (Lipinski definition) is 4. The quantitative estimate of drug-likeness (QED) is 0.236. The average Bonchev–Trinajstić information content (AvgIpc) is 3.21. The third-order valence-corrected chi connectivity index (χ3v) is 13.5. The number of benzene rings is 1. The molecule has 4 N–H and O–H groups in total. The van der Waals surface area contributed by atoms with Gasteiger partial charge in [-0.25, -0.2) is 4.79 Å². The predicted octanol–water partition coefficient (Wildman–Crippen LogP) is 4.70. The van der Waals surface area contributed by atoms with E-state index >= 15 is 0 Å². The number of nitrogens with one attached hydrogen (secondary N) is 1. The van der Waals surface area contributed by atoms with Crippen LogP contribution in [0.25, 0.3) is 0 Å². The Kier molecular flexibility index (Phi) is 17.4. The summed E-state index contributed by atoms with van der Waals surface area (Å²) in [4.78, 5) is 43.6. The molecule has 0 radical (unpaired) electrons. The first kappa shape index (κ1) is 50.9. The second-order valence-electron chi connectivity index (χ2n) is 18.5. The van der Waals surface area contributed by atoms with E-state index in [1.165, 1.54) is 21.1 Å². The van der Waals surface area contributed by atoms with Crippen LogP contribution in [0.4, 0.5) is 10.5 Å². The lowest BCUT2D eigenvalue weighted by Gasteiger charge is -2.50. The van der Waals surface area contributed by atoms with Crippen molar-refractivity contribution in [2.24, 2.45) is 23.7 Å². The number of rotatable bonds is 10. The first-order valence-corrected chi connectivity index (χ1v) is 21.7. The smallest absolute Gasteiger partial charge is 0.412 e. The fraction of sp³-hybridized carbons (Fsp3) is 0.800. The number of ether oxygens (including phenoxy) is 8. The summed E-state index contributed by atoms with van der Waals surface area (Å²) in [6.45, 7) is 17.0. The normalized spacial score (nSPS) is 43.3. The minimum atomic E-state index is -2.00. The molecule has 61 heavy (non-hydrogen) atoms. The highest BCUT2D eigenvalue weighted by Crippen LogP contribution is 2.42. The van der Waals surface area contributed by atoms with Crippen LogP contribution in [0.3, 0.4) is 0 Å². The molecule has 0 spiro atoms. The van der Waals surface area contributed by atoms with Crippen molar-refractivity contribution in [3.05, 3.63) is 30.3 Å². The third-order valence-electron chi connectivity index (χ3n) is 13.5. The van der Waals surface area contributed by atoms with Gasteiger partial charge in [-0.05, 0) is 87.0 Å². The molecule has 18 atom stereocenters. The Bertz CT molecular complexity index is 1600. The Morgan fingerprint density at radius 1 is 0.885 bits per heavy atom. The predicted molar refractivity (Wildman–Crippen MR) is 225 cm³/mol. The van der Waals surface area contributed by atoms with E-state index in [-0.39, 0.29) is 37.2 Å². The molecule has 0 bridgehead atoms. The van der Waals surface area contributed by atoms with Crippen LogP contribution in [0.1, 0.15) is 94.9 Å². The van der Waals surface area contributed by atoms with Crippen LogP contribution in [0.2, 0.25) is 0 Å². The summed E-state index contributed by atoms with van der Waals surface area (Å²) in [5.74, 6) is -4.69. The van der Waals surface area contributed by atoms with Crippen LogP contribution in [0, 0.1) is 23.7 Å². The van der Waals surface area contributed by atoms with Crippen molar-refractivity contribution < 1.29 is 67.6 Å². The molecule has 1 amide bonds. The highest BCUT2D eigenvalue weighted by molar-refractivity contribution is 5.85. The summed E-state index contributed by atoms with van der Waals surface area (Å²) in [6, 6.07) is 8.57. The molecule has 1 aromatic rings. The van der Waals surface area contributed by atoms with Crippen molar-refractivity contribution in [2.75, 3.05) is 33.6 Å². The number of para-hydroxylation sites is 1. The second-order valence-corrected chi connectivity index (χ2v) is 18.5. The molecule has 3 saturated heterocycles. The molecule has 4 rings (SSSR count). The van der Waals surface area contributed by atoms with Gasteiger partial charge < -0.3 is 58.1 Å². The van der Waals surface area contributed by atoms with Gasteiger partial charge in [0.05, 0.1) is 42.0 Å². The first-order valence-electron chi connectivity index (χ1n) is 21.7. The number of methoxy groups -OCH3 is 2. The molecule has 2 unspecified atom stereocenters. The Hall–Kier alpha value is -2.77. The highest BCUT2D eigenvalue weighted by Gasteiger charge is 2.55. The van der Waals surface area contributed by atoms with Crippen LogP contribution in [0.5, 0.6) is 0 Å². The van der Waals surface area contributed by atoms with Crippen LogP contribution >= 0.6 is 0 Å². The van der Waals surface area contributed by atoms with Gasteiger partial charge in [-0.3, -0.25) is 14.9 Å². The van der Waals surface area contributed by atoms with Gasteiger partial charge >= 0.3 is 12.1 Å². The van der Waals surface area contributed by atoms with Gasteiger partial charge in [-0.2, -0.15) is 0 Å². The zero-order valence-corrected chi connectivity index (χ0v) is 38.7. The van der Waals surface area contributed by atoms with Crippen molar-refractivity contribution in [1.29, 1.82) is 0 Å². The molecule has 0 aliphatic carbocycles. The number of likely N-dealkylation sites (N-methyl/N-ethyl adjacent to an activating group) is 1. The number of carbonyl (C=O) groups excluding carboxylic acids is 3. The number of carbonyl (C=O) groups is 3. The van der Waals surface area contributed by atoms with Crippen molar-refractivity contribution in [3.63, 3.8) is 0 Å². The lowest BCUT2D eigenvalue weighted by molar-refractivity contribution is -0.318. The molecule has 16 nitrogen and oxygen atoms in total. The minimum Gasteiger partial charge on any atom is -0.459 e. The topological polar surface area (TPSA) is 201 Å². The largest absolute Gasteiger partial charge is 0.459 e. The molecular weight excluding hydrogens is 792 g/mol. The number of aliphatic hydroxyl groups excluding tert-OH is 2. The van der Waals surface area contributed by atoms with Crippen molar-refractivity contribution in [1.82, 2.24) is 4.90 Å². The van der Waals surface area contributed by atoms with E-state index < -0.39 is 108 Å². The number of nitrogens with zero attached hydrogens (tertiary/aromatic N) is 1. The number of ketones is 1. The second kappa shape index (κ2) is 20.8. The molecule has 0 saturated carbocycles. The van der Waals surface area contributed by atoms with Crippen LogP contribution < -0.4 is 5.32 Å².